The van der Waals surface area contributed by atoms with Gasteiger partial charge in [-0.2, -0.15) is 0 Å². The molecular formula is C13H16N4O3. The Balaban J connectivity index is 1.86. The average Bonchev–Trinajstić information content (AvgIpc) is 2.77. The molecule has 0 aliphatic heterocycles. The number of H-pyrrole nitrogens is 1. The van der Waals surface area contributed by atoms with Crippen molar-refractivity contribution in [3.8, 4) is 0 Å². The molecule has 0 fully saturated rings. The Bertz CT molecular complexity index is 636. The van der Waals surface area contributed by atoms with Gasteiger partial charge in [0.15, 0.2) is 0 Å². The number of nitrogens with zero attached hydrogens (tertiary/aromatic N) is 1. The summed E-state index contributed by atoms with van der Waals surface area (Å²) in [7, 11) is 0. The van der Waals surface area contributed by atoms with Crippen LogP contribution >= 0.6 is 0 Å². The second-order valence-electron chi connectivity index (χ2n) is 4.46. The molecular weight excluding hydrogens is 260 g/mol. The van der Waals surface area contributed by atoms with Gasteiger partial charge in [0.25, 0.3) is 0 Å². The topological polar surface area (TPSA) is 107 Å². The third-order valence-corrected chi connectivity index (χ3v) is 2.73. The van der Waals surface area contributed by atoms with E-state index in [-0.39, 0.29) is 19.5 Å². The van der Waals surface area contributed by atoms with Gasteiger partial charge in [-0.05, 0) is 24.6 Å². The minimum absolute atomic E-state index is 0.0977. The van der Waals surface area contributed by atoms with Crippen LogP contribution in [-0.4, -0.2) is 33.6 Å². The summed E-state index contributed by atoms with van der Waals surface area (Å²) in [6.07, 6.45) is -0.0999. The molecule has 2 aromatic rings. The predicted octanol–water partition coefficient (Wildman–Crippen LogP) is 1.15. The number of hydrogen-bond donors (Lipinski definition) is 4. The van der Waals surface area contributed by atoms with Gasteiger partial charge in [-0.1, -0.05) is 6.07 Å². The van der Waals surface area contributed by atoms with E-state index in [0.717, 1.165) is 16.6 Å². The summed E-state index contributed by atoms with van der Waals surface area (Å²) >= 11 is 0. The second-order valence-corrected chi connectivity index (χ2v) is 4.46. The number of carbonyl (C=O) groups is 2. The zero-order valence-corrected chi connectivity index (χ0v) is 11.1. The Hall–Kier alpha value is -2.57. The molecule has 0 saturated carbocycles. The standard InChI is InChI=1S/C13H16N4O3/c1-8-2-3-9-10(6-8)17-11(16-9)7-15-13(20)14-5-4-12(18)19/h2-3,6H,4-5,7H2,1H3,(H,16,17)(H,18,19)(H2,14,15,20). The van der Waals surface area contributed by atoms with Crippen LogP contribution in [-0.2, 0) is 11.3 Å². The number of rotatable bonds is 5. The zero-order valence-electron chi connectivity index (χ0n) is 11.1. The fourth-order valence-electron chi connectivity index (χ4n) is 1.77. The van der Waals surface area contributed by atoms with Crippen molar-refractivity contribution in [3.63, 3.8) is 0 Å². The van der Waals surface area contributed by atoms with Crippen molar-refractivity contribution >= 4 is 23.0 Å². The van der Waals surface area contributed by atoms with Gasteiger partial charge >= 0.3 is 12.0 Å². The van der Waals surface area contributed by atoms with Crippen LogP contribution in [0.2, 0.25) is 0 Å². The normalized spacial score (nSPS) is 10.4. The number of urea groups is 1. The van der Waals surface area contributed by atoms with E-state index >= 15 is 0 Å². The van der Waals surface area contributed by atoms with Crippen LogP contribution in [0.15, 0.2) is 18.2 Å². The number of aliphatic carboxylic acids is 1. The molecule has 0 atom stereocenters. The number of carboxylic acid groups (broad SMARTS) is 1. The molecule has 0 unspecified atom stereocenters. The van der Waals surface area contributed by atoms with Crippen molar-refractivity contribution in [1.82, 2.24) is 20.6 Å². The van der Waals surface area contributed by atoms with E-state index in [0.29, 0.717) is 5.82 Å². The van der Waals surface area contributed by atoms with Gasteiger partial charge in [0.2, 0.25) is 0 Å². The number of carboxylic acids is 1. The van der Waals surface area contributed by atoms with Gasteiger partial charge in [0.05, 0.1) is 24.0 Å². The van der Waals surface area contributed by atoms with Gasteiger partial charge in [0, 0.05) is 6.54 Å². The van der Waals surface area contributed by atoms with Crippen molar-refractivity contribution < 1.29 is 14.7 Å². The highest BCUT2D eigenvalue weighted by atomic mass is 16.4. The third kappa shape index (κ3) is 3.71. The van der Waals surface area contributed by atoms with E-state index in [4.69, 9.17) is 5.11 Å². The van der Waals surface area contributed by atoms with E-state index in [9.17, 15) is 9.59 Å². The molecule has 0 spiro atoms. The quantitative estimate of drug-likeness (QED) is 0.657. The summed E-state index contributed by atoms with van der Waals surface area (Å²) in [5, 5.41) is 13.5. The Kier molecular flexibility index (Phi) is 4.19. The lowest BCUT2D eigenvalue weighted by Gasteiger charge is -2.04. The lowest BCUT2D eigenvalue weighted by Crippen LogP contribution is -2.36. The van der Waals surface area contributed by atoms with Crippen LogP contribution in [0.3, 0.4) is 0 Å². The van der Waals surface area contributed by atoms with Gasteiger partial charge in [0.1, 0.15) is 5.82 Å². The molecule has 7 heteroatoms. The van der Waals surface area contributed by atoms with E-state index in [2.05, 4.69) is 20.6 Å². The second kappa shape index (κ2) is 6.05. The Morgan fingerprint density at radius 3 is 2.90 bits per heavy atom. The minimum Gasteiger partial charge on any atom is -0.481 e. The summed E-state index contributed by atoms with van der Waals surface area (Å²) in [6, 6.07) is 5.46. The first-order valence-corrected chi connectivity index (χ1v) is 6.23. The third-order valence-electron chi connectivity index (χ3n) is 2.73. The molecule has 4 N–H and O–H groups in total. The van der Waals surface area contributed by atoms with Crippen LogP contribution in [0.4, 0.5) is 4.79 Å². The van der Waals surface area contributed by atoms with E-state index < -0.39 is 12.0 Å². The van der Waals surface area contributed by atoms with Crippen LogP contribution < -0.4 is 10.6 Å². The number of hydrogen-bond acceptors (Lipinski definition) is 3. The summed E-state index contributed by atoms with van der Waals surface area (Å²) < 4.78 is 0. The monoisotopic (exact) mass is 276 g/mol. The van der Waals surface area contributed by atoms with E-state index in [1.54, 1.807) is 0 Å². The first kappa shape index (κ1) is 13.9. The van der Waals surface area contributed by atoms with Crippen molar-refractivity contribution in [2.24, 2.45) is 0 Å². The van der Waals surface area contributed by atoms with Crippen molar-refractivity contribution in [2.75, 3.05) is 6.54 Å². The zero-order chi connectivity index (χ0) is 14.5. The number of fused-ring (bicyclic) bond motifs is 1. The molecule has 20 heavy (non-hydrogen) atoms. The van der Waals surface area contributed by atoms with E-state index in [1.807, 2.05) is 25.1 Å². The number of amides is 2. The lowest BCUT2D eigenvalue weighted by molar-refractivity contribution is -0.136. The Morgan fingerprint density at radius 2 is 2.15 bits per heavy atom. The molecule has 1 heterocycles. The summed E-state index contributed by atoms with van der Waals surface area (Å²) in [4.78, 5) is 29.2. The maximum atomic E-state index is 11.4. The first-order chi connectivity index (χ1) is 9.54. The Labute approximate surface area is 115 Å². The highest BCUT2D eigenvalue weighted by Gasteiger charge is 2.05. The van der Waals surface area contributed by atoms with Crippen LogP contribution in [0.5, 0.6) is 0 Å². The highest BCUT2D eigenvalue weighted by Crippen LogP contribution is 2.12. The molecule has 1 aromatic heterocycles. The number of aromatic amines is 1. The summed E-state index contributed by atoms with van der Waals surface area (Å²) in [6.45, 7) is 2.35. The predicted molar refractivity (Wildman–Crippen MR) is 73.3 cm³/mol. The minimum atomic E-state index is -0.946. The van der Waals surface area contributed by atoms with Crippen molar-refractivity contribution in [2.45, 2.75) is 19.9 Å². The van der Waals surface area contributed by atoms with Crippen molar-refractivity contribution in [1.29, 1.82) is 0 Å². The number of imidazole rings is 1. The fourth-order valence-corrected chi connectivity index (χ4v) is 1.77. The fraction of sp³-hybridized carbons (Fsp3) is 0.308. The highest BCUT2D eigenvalue weighted by molar-refractivity contribution is 5.77. The van der Waals surface area contributed by atoms with Gasteiger partial charge in [-0.25, -0.2) is 9.78 Å². The van der Waals surface area contributed by atoms with Gasteiger partial charge in [-0.15, -0.1) is 0 Å². The number of aromatic nitrogens is 2. The molecule has 0 radical (unpaired) electrons. The number of aryl methyl sites for hydroxylation is 1. The van der Waals surface area contributed by atoms with Gasteiger partial charge < -0.3 is 20.7 Å². The van der Waals surface area contributed by atoms with Crippen molar-refractivity contribution in [3.05, 3.63) is 29.6 Å². The molecule has 0 aliphatic carbocycles. The summed E-state index contributed by atoms with van der Waals surface area (Å²) in [5.74, 6) is -0.295. The smallest absolute Gasteiger partial charge is 0.315 e. The molecule has 7 nitrogen and oxygen atoms in total. The number of carbonyl (C=O) groups excluding carboxylic acids is 1. The van der Waals surface area contributed by atoms with Crippen LogP contribution in [0.1, 0.15) is 17.8 Å². The molecule has 0 aliphatic rings. The molecule has 2 amide bonds. The lowest BCUT2D eigenvalue weighted by atomic mass is 10.2. The number of benzene rings is 1. The molecule has 2 rings (SSSR count). The molecule has 0 saturated heterocycles. The average molecular weight is 276 g/mol. The van der Waals surface area contributed by atoms with Crippen LogP contribution in [0.25, 0.3) is 11.0 Å². The summed E-state index contributed by atoms with van der Waals surface area (Å²) in [5.41, 5.74) is 2.90. The SMILES string of the molecule is Cc1ccc2nc(CNC(=O)NCCC(=O)O)[nH]c2c1. The van der Waals surface area contributed by atoms with E-state index in [1.165, 1.54) is 0 Å². The maximum absolute atomic E-state index is 11.4. The number of nitrogens with one attached hydrogen (secondary N) is 3. The molecule has 106 valence electrons. The first-order valence-electron chi connectivity index (χ1n) is 6.23. The van der Waals surface area contributed by atoms with Gasteiger partial charge in [-0.3, -0.25) is 4.79 Å². The Morgan fingerprint density at radius 1 is 1.35 bits per heavy atom. The molecule has 1 aromatic carbocycles. The molecule has 0 bridgehead atoms. The maximum Gasteiger partial charge on any atom is 0.315 e. The largest absolute Gasteiger partial charge is 0.481 e. The van der Waals surface area contributed by atoms with Crippen LogP contribution in [0, 0.1) is 6.92 Å².